The van der Waals surface area contributed by atoms with Gasteiger partial charge < -0.3 is 4.90 Å². The van der Waals surface area contributed by atoms with Gasteiger partial charge in [-0.05, 0) is 49.4 Å². The van der Waals surface area contributed by atoms with Crippen LogP contribution >= 0.6 is 0 Å². The van der Waals surface area contributed by atoms with E-state index in [1.54, 1.807) is 17.9 Å². The molecule has 31 heavy (non-hydrogen) atoms. The van der Waals surface area contributed by atoms with Crippen molar-refractivity contribution in [1.29, 1.82) is 0 Å². The largest absolute Gasteiger partial charge is 0.324 e. The molecule has 0 aliphatic carbocycles. The molecule has 1 aromatic carbocycles. The van der Waals surface area contributed by atoms with Gasteiger partial charge in [0.05, 0.1) is 6.04 Å². The van der Waals surface area contributed by atoms with Gasteiger partial charge in [0.2, 0.25) is 0 Å². The van der Waals surface area contributed by atoms with E-state index in [0.717, 1.165) is 22.6 Å². The van der Waals surface area contributed by atoms with Crippen LogP contribution in [0, 0.1) is 5.92 Å². The van der Waals surface area contributed by atoms with E-state index in [-0.39, 0.29) is 17.5 Å². The third-order valence-electron chi connectivity index (χ3n) is 6.11. The molecule has 0 saturated heterocycles. The fourth-order valence-corrected chi connectivity index (χ4v) is 3.67. The molecule has 0 aromatic heterocycles. The zero-order valence-corrected chi connectivity index (χ0v) is 20.4. The minimum atomic E-state index is -0.529. The minimum Gasteiger partial charge on any atom is -0.324 e. The van der Waals surface area contributed by atoms with E-state index in [2.05, 4.69) is 27.4 Å². The summed E-state index contributed by atoms with van der Waals surface area (Å²) in [4.78, 5) is 37.7. The van der Waals surface area contributed by atoms with Gasteiger partial charge in [-0.25, -0.2) is 0 Å². The Morgan fingerprint density at radius 2 is 1.81 bits per heavy atom. The van der Waals surface area contributed by atoms with Gasteiger partial charge in [-0.2, -0.15) is 0 Å². The minimum absolute atomic E-state index is 0.0739. The topological polar surface area (TPSA) is 54.5 Å². The van der Waals surface area contributed by atoms with Gasteiger partial charge in [0.25, 0.3) is 5.91 Å². The number of benzene rings is 1. The van der Waals surface area contributed by atoms with Crippen LogP contribution in [0.3, 0.4) is 0 Å². The number of carbonyl (C=O) groups is 3. The first-order valence-corrected chi connectivity index (χ1v) is 11.8. The van der Waals surface area contributed by atoms with Crippen molar-refractivity contribution >= 4 is 23.0 Å². The van der Waals surface area contributed by atoms with Crippen LogP contribution in [0.4, 0.5) is 0 Å². The average Bonchev–Trinajstić information content (AvgIpc) is 3.07. The number of ketones is 2. The molecular formula is C27H41NO3. The number of hydrogen-bond donors (Lipinski definition) is 0. The highest BCUT2D eigenvalue weighted by atomic mass is 16.2. The molecule has 0 N–H and O–H groups in total. The zero-order chi connectivity index (χ0) is 23.6. The first kappa shape index (κ1) is 26.8. The van der Waals surface area contributed by atoms with Crippen molar-refractivity contribution in [3.05, 3.63) is 41.5 Å². The number of amides is 1. The van der Waals surface area contributed by atoms with Crippen LogP contribution in [0.2, 0.25) is 0 Å². The smallest absolute Gasteiger partial charge is 0.255 e. The van der Waals surface area contributed by atoms with E-state index >= 15 is 0 Å². The normalized spacial score (nSPS) is 14.4. The predicted octanol–water partition coefficient (Wildman–Crippen LogP) is 6.62. The molecule has 0 radical (unpaired) electrons. The monoisotopic (exact) mass is 427 g/mol. The van der Waals surface area contributed by atoms with Crippen LogP contribution in [0.15, 0.2) is 24.8 Å². The predicted molar refractivity (Wildman–Crippen MR) is 129 cm³/mol. The van der Waals surface area contributed by atoms with Crippen molar-refractivity contribution in [2.45, 2.75) is 99.1 Å². The van der Waals surface area contributed by atoms with Crippen molar-refractivity contribution in [2.75, 3.05) is 0 Å². The van der Waals surface area contributed by atoms with Gasteiger partial charge in [0, 0.05) is 24.9 Å². The van der Waals surface area contributed by atoms with Crippen LogP contribution in [-0.4, -0.2) is 28.4 Å². The summed E-state index contributed by atoms with van der Waals surface area (Å²) in [5.74, 6) is 0.868. The highest BCUT2D eigenvalue weighted by Gasteiger charge is 2.34. The molecule has 172 valence electrons. The number of carbonyl (C=O) groups excluding carboxylic acids is 3. The second kappa shape index (κ2) is 13.2. The molecule has 4 heteroatoms. The average molecular weight is 428 g/mol. The van der Waals surface area contributed by atoms with Crippen molar-refractivity contribution in [2.24, 2.45) is 5.92 Å². The molecule has 4 nitrogen and oxygen atoms in total. The Kier molecular flexibility index (Phi) is 11.4. The standard InChI is InChI=1S/C19H23NO3.C8H18/c1-5-16(22)7-9-18(13(4)21)20-11-15-10-14(12(2)3)6-8-17(15)19(20)23;1-4-6-7-8(3)5-2/h6,8,10,18H,2,5,7,9,11H2,1,3-4H3;8H,4-7H2,1-3H3. The molecule has 0 bridgehead atoms. The number of rotatable bonds is 11. The van der Waals surface area contributed by atoms with Crippen LogP contribution in [0.1, 0.15) is 108 Å². The summed E-state index contributed by atoms with van der Waals surface area (Å²) in [6.45, 7) is 16.4. The lowest BCUT2D eigenvalue weighted by atomic mass is 10.0. The fraction of sp³-hybridized carbons (Fsp3) is 0.593. The van der Waals surface area contributed by atoms with Crippen molar-refractivity contribution in [1.82, 2.24) is 4.90 Å². The number of nitrogens with zero attached hydrogens (tertiary/aromatic N) is 1. The molecule has 1 amide bonds. The first-order valence-electron chi connectivity index (χ1n) is 11.8. The van der Waals surface area contributed by atoms with Gasteiger partial charge in [-0.15, -0.1) is 0 Å². The van der Waals surface area contributed by atoms with E-state index < -0.39 is 6.04 Å². The Bertz CT molecular complexity index is 781. The summed E-state index contributed by atoms with van der Waals surface area (Å²) in [5.41, 5.74) is 3.50. The van der Waals surface area contributed by atoms with Crippen LogP contribution in [-0.2, 0) is 16.1 Å². The molecule has 1 aliphatic heterocycles. The van der Waals surface area contributed by atoms with Crippen LogP contribution < -0.4 is 0 Å². The maximum atomic E-state index is 12.6. The number of Topliss-reactive ketones (excluding diaryl/α,β-unsaturated/α-hetero) is 2. The van der Waals surface area contributed by atoms with Gasteiger partial charge >= 0.3 is 0 Å². The fourth-order valence-electron chi connectivity index (χ4n) is 3.67. The lowest BCUT2D eigenvalue weighted by molar-refractivity contribution is -0.122. The van der Waals surface area contributed by atoms with Crippen molar-refractivity contribution in [3.63, 3.8) is 0 Å². The Morgan fingerprint density at radius 3 is 2.32 bits per heavy atom. The zero-order valence-electron chi connectivity index (χ0n) is 20.4. The third-order valence-corrected chi connectivity index (χ3v) is 6.11. The third kappa shape index (κ3) is 8.08. The highest BCUT2D eigenvalue weighted by Crippen LogP contribution is 2.29. The van der Waals surface area contributed by atoms with Gasteiger partial charge in [-0.3, -0.25) is 14.4 Å². The number of hydrogen-bond acceptors (Lipinski definition) is 3. The van der Waals surface area contributed by atoms with E-state index in [1.807, 2.05) is 19.1 Å². The molecule has 0 saturated carbocycles. The second-order valence-corrected chi connectivity index (χ2v) is 8.80. The number of unbranched alkanes of at least 4 members (excludes halogenated alkanes) is 1. The molecule has 0 spiro atoms. The molecule has 1 aromatic rings. The lowest BCUT2D eigenvalue weighted by Crippen LogP contribution is -2.40. The van der Waals surface area contributed by atoms with E-state index in [9.17, 15) is 14.4 Å². The van der Waals surface area contributed by atoms with Gasteiger partial charge in [0.15, 0.2) is 5.78 Å². The molecule has 0 fully saturated rings. The molecular weight excluding hydrogens is 386 g/mol. The summed E-state index contributed by atoms with van der Waals surface area (Å²) in [6, 6.07) is 5.12. The second-order valence-electron chi connectivity index (χ2n) is 8.80. The highest BCUT2D eigenvalue weighted by molar-refractivity contribution is 6.01. The Labute approximate surface area is 189 Å². The van der Waals surface area contributed by atoms with E-state index in [1.165, 1.54) is 32.6 Å². The molecule has 1 aliphatic rings. The van der Waals surface area contributed by atoms with E-state index in [0.29, 0.717) is 31.4 Å². The summed E-state index contributed by atoms with van der Waals surface area (Å²) >= 11 is 0. The van der Waals surface area contributed by atoms with Crippen molar-refractivity contribution < 1.29 is 14.4 Å². The van der Waals surface area contributed by atoms with Crippen LogP contribution in [0.5, 0.6) is 0 Å². The first-order chi connectivity index (χ1) is 14.7. The number of fused-ring (bicyclic) bond motifs is 1. The summed E-state index contributed by atoms with van der Waals surface area (Å²) < 4.78 is 0. The van der Waals surface area contributed by atoms with Crippen LogP contribution in [0.25, 0.3) is 5.57 Å². The number of allylic oxidation sites excluding steroid dienone is 1. The summed E-state index contributed by atoms with van der Waals surface area (Å²) in [5, 5.41) is 0. The molecule has 2 unspecified atom stereocenters. The summed E-state index contributed by atoms with van der Waals surface area (Å²) in [7, 11) is 0. The SMILES string of the molecule is C=C(C)c1ccc2c(c1)CN(C(CCC(=O)CC)C(C)=O)C2=O.CCCCC(C)CC. The summed E-state index contributed by atoms with van der Waals surface area (Å²) in [6.07, 6.45) is 6.72. The lowest BCUT2D eigenvalue weighted by Gasteiger charge is -2.25. The van der Waals surface area contributed by atoms with Crippen molar-refractivity contribution in [3.8, 4) is 0 Å². The molecule has 2 rings (SSSR count). The van der Waals surface area contributed by atoms with Gasteiger partial charge in [0.1, 0.15) is 5.78 Å². The Morgan fingerprint density at radius 1 is 1.13 bits per heavy atom. The van der Waals surface area contributed by atoms with Gasteiger partial charge in [-0.1, -0.05) is 71.6 Å². The maximum Gasteiger partial charge on any atom is 0.255 e. The van der Waals surface area contributed by atoms with E-state index in [4.69, 9.17) is 0 Å². The Hall–Kier alpha value is -2.23. The quantitative estimate of drug-likeness (QED) is 0.399. The molecule has 2 atom stereocenters. The molecule has 1 heterocycles. The Balaban J connectivity index is 0.000000512. The maximum absolute atomic E-state index is 12.6.